The highest BCUT2D eigenvalue weighted by Gasteiger charge is 2.72. The molecule has 46 heavy (non-hydrogen) atoms. The molecule has 10 heteroatoms. The van der Waals surface area contributed by atoms with Crippen molar-refractivity contribution in [1.82, 2.24) is 0 Å². The van der Waals surface area contributed by atoms with Crippen molar-refractivity contribution in [2.24, 2.45) is 50.7 Å². The Morgan fingerprint density at radius 1 is 0.913 bits per heavy atom. The van der Waals surface area contributed by atoms with E-state index in [-0.39, 0.29) is 34.0 Å². The Labute approximate surface area is 273 Å². The van der Waals surface area contributed by atoms with Crippen LogP contribution in [0.2, 0.25) is 0 Å². The van der Waals surface area contributed by atoms with Crippen molar-refractivity contribution >= 4 is 5.97 Å². The van der Waals surface area contributed by atoms with Crippen molar-refractivity contribution in [1.29, 1.82) is 0 Å². The first kappa shape index (κ1) is 34.7. The number of ether oxygens (including phenoxy) is 2. The molecule has 0 amide bonds. The van der Waals surface area contributed by atoms with Gasteiger partial charge in [0.05, 0.1) is 29.8 Å². The van der Waals surface area contributed by atoms with Gasteiger partial charge in [-0.05, 0) is 97.7 Å². The second-order valence-electron chi connectivity index (χ2n) is 17.7. The molecule has 262 valence electrons. The van der Waals surface area contributed by atoms with Gasteiger partial charge in [-0.15, -0.1) is 0 Å². The van der Waals surface area contributed by atoms with Crippen LogP contribution in [-0.2, 0) is 14.3 Å². The van der Waals surface area contributed by atoms with Crippen molar-refractivity contribution < 1.29 is 50.0 Å². The summed E-state index contributed by atoms with van der Waals surface area (Å²) in [7, 11) is 0. The van der Waals surface area contributed by atoms with Gasteiger partial charge >= 0.3 is 5.97 Å². The maximum Gasteiger partial charge on any atom is 0.315 e. The summed E-state index contributed by atoms with van der Waals surface area (Å²) in [4.78, 5) is 14.5. The average Bonchev–Trinajstić information content (AvgIpc) is 2.98. The molecule has 0 bridgehead atoms. The lowest BCUT2D eigenvalue weighted by atomic mass is 9.33. The number of fused-ring (bicyclic) bond motifs is 7. The Morgan fingerprint density at radius 3 is 2.24 bits per heavy atom. The molecule has 7 N–H and O–H groups in total. The number of hydrogen-bond donors (Lipinski definition) is 7. The van der Waals surface area contributed by atoms with Gasteiger partial charge in [-0.3, -0.25) is 4.79 Å². The van der Waals surface area contributed by atoms with Crippen LogP contribution in [0.1, 0.15) is 99.8 Å². The fraction of sp³-hybridized carbons (Fsp3) is 0.917. The van der Waals surface area contributed by atoms with E-state index in [4.69, 9.17) is 9.47 Å². The monoisotopic (exact) mass is 650 g/mol. The second-order valence-corrected chi connectivity index (χ2v) is 17.7. The molecule has 0 aromatic rings. The third kappa shape index (κ3) is 4.39. The molecule has 1 aliphatic heterocycles. The third-order valence-corrected chi connectivity index (χ3v) is 15.5. The van der Waals surface area contributed by atoms with Crippen molar-refractivity contribution in [2.45, 2.75) is 148 Å². The predicted octanol–water partition coefficient (Wildman–Crippen LogP) is 2.43. The van der Waals surface area contributed by atoms with Gasteiger partial charge in [0.1, 0.15) is 24.4 Å². The second kappa shape index (κ2) is 10.9. The number of hydrogen-bond acceptors (Lipinski definition) is 10. The summed E-state index contributed by atoms with van der Waals surface area (Å²) < 4.78 is 11.5. The van der Waals surface area contributed by atoms with E-state index in [1.165, 1.54) is 0 Å². The van der Waals surface area contributed by atoms with Gasteiger partial charge < -0.3 is 45.2 Å². The number of esters is 1. The number of carbonyl (C=O) groups excluding carboxylic acids is 1. The van der Waals surface area contributed by atoms with Gasteiger partial charge in [0.15, 0.2) is 0 Å². The van der Waals surface area contributed by atoms with Gasteiger partial charge in [-0.2, -0.15) is 0 Å². The summed E-state index contributed by atoms with van der Waals surface area (Å²) >= 11 is 0. The molecule has 5 aliphatic carbocycles. The van der Waals surface area contributed by atoms with E-state index in [0.29, 0.717) is 32.1 Å². The van der Waals surface area contributed by atoms with Gasteiger partial charge in [0.25, 0.3) is 0 Å². The zero-order chi connectivity index (χ0) is 34.0. The Balaban J connectivity index is 1.39. The van der Waals surface area contributed by atoms with E-state index in [1.807, 2.05) is 13.8 Å². The topological polar surface area (TPSA) is 177 Å². The first-order valence-electron chi connectivity index (χ1n) is 17.5. The van der Waals surface area contributed by atoms with Crippen LogP contribution in [-0.4, -0.2) is 96.8 Å². The molecular weight excluding hydrogens is 592 g/mol. The molecule has 0 radical (unpaired) electrons. The van der Waals surface area contributed by atoms with Crippen LogP contribution < -0.4 is 0 Å². The normalized spacial score (nSPS) is 56.4. The first-order chi connectivity index (χ1) is 21.2. The lowest BCUT2D eigenvalue weighted by Crippen LogP contribution is -2.69. The number of allylic oxidation sites excluding steroid dienone is 1. The summed E-state index contributed by atoms with van der Waals surface area (Å²) in [5.41, 5.74) is -2.44. The number of carbonyl (C=O) groups is 1. The van der Waals surface area contributed by atoms with Crippen molar-refractivity contribution in [3.05, 3.63) is 11.6 Å². The minimum absolute atomic E-state index is 0.0940. The fourth-order valence-corrected chi connectivity index (χ4v) is 12.4. The Morgan fingerprint density at radius 2 is 1.59 bits per heavy atom. The largest absolute Gasteiger partial charge is 0.432 e. The van der Waals surface area contributed by atoms with Crippen LogP contribution >= 0.6 is 0 Å². The molecule has 10 nitrogen and oxygen atoms in total. The van der Waals surface area contributed by atoms with Crippen LogP contribution in [0, 0.1) is 50.7 Å². The molecule has 0 spiro atoms. The number of aliphatic hydroxyl groups excluding tert-OH is 6. The molecule has 1 saturated heterocycles. The first-order valence-corrected chi connectivity index (χ1v) is 17.5. The van der Waals surface area contributed by atoms with Crippen LogP contribution in [0.5, 0.6) is 0 Å². The summed E-state index contributed by atoms with van der Waals surface area (Å²) in [5, 5.41) is 75.6. The summed E-state index contributed by atoms with van der Waals surface area (Å²) in [6.07, 6.45) is -1.65. The molecule has 5 fully saturated rings. The lowest BCUT2D eigenvalue weighted by Gasteiger charge is -2.72. The van der Waals surface area contributed by atoms with Crippen molar-refractivity contribution in [3.63, 3.8) is 0 Å². The minimum atomic E-state index is -1.70. The zero-order valence-corrected chi connectivity index (χ0v) is 28.6. The van der Waals surface area contributed by atoms with Crippen LogP contribution in [0.25, 0.3) is 0 Å². The van der Waals surface area contributed by atoms with Gasteiger partial charge in [0.2, 0.25) is 6.29 Å². The molecule has 6 aliphatic rings. The van der Waals surface area contributed by atoms with E-state index in [0.717, 1.165) is 24.8 Å². The van der Waals surface area contributed by atoms with Crippen LogP contribution in [0.3, 0.4) is 0 Å². The molecule has 1 heterocycles. The Hall–Kier alpha value is -1.11. The summed E-state index contributed by atoms with van der Waals surface area (Å²) in [6, 6.07) is 0. The van der Waals surface area contributed by atoms with E-state index in [1.54, 1.807) is 0 Å². The molecule has 0 aromatic carbocycles. The minimum Gasteiger partial charge on any atom is -0.432 e. The summed E-state index contributed by atoms with van der Waals surface area (Å²) in [6.45, 7) is 14.4. The highest BCUT2D eigenvalue weighted by molar-refractivity contribution is 5.79. The fourth-order valence-electron chi connectivity index (χ4n) is 12.4. The van der Waals surface area contributed by atoms with E-state index in [2.05, 4.69) is 40.7 Å². The Kier molecular flexibility index (Phi) is 8.27. The van der Waals surface area contributed by atoms with E-state index < -0.39 is 77.8 Å². The van der Waals surface area contributed by atoms with Crippen LogP contribution in [0.4, 0.5) is 0 Å². The smallest absolute Gasteiger partial charge is 0.315 e. The molecule has 16 atom stereocenters. The maximum absolute atomic E-state index is 14.5. The lowest BCUT2D eigenvalue weighted by molar-refractivity contribution is -0.299. The molecule has 4 saturated carbocycles. The standard InChI is InChI=1S/C36H58O10/c1-18-10-13-36(30(43)46-29-26(41)25(40)24(39)21(17-37)45-29)15-14-33(5)19(27(36)35(18,7)44)8-9-23-32(4)16-20(38)28(42)31(2,3)22(32)11-12-34(23,33)6/h8,18,20-29,37-42,44H,9-17H2,1-7H3/t18-,20?,21-,22?,23-,24-,25+,26-,27-,28+,29+,32+,33-,34-,35-,36+/m1/s1. The molecule has 2 unspecified atom stereocenters. The van der Waals surface area contributed by atoms with Crippen molar-refractivity contribution in [3.8, 4) is 0 Å². The average molecular weight is 651 g/mol. The SMILES string of the molecule is C[C@@H]1CC[C@]2(C(=O)O[C@@H]3O[C@H](CO)[C@@H](O)[C@H](O)[C@H]3O)CC[C@]3(C)C(=CC[C@@H]4[C@@]5(C)CC(O)[C@H](O)C(C)(C)C5CC[C@]43C)[C@@H]2[C@]1(C)O. The highest BCUT2D eigenvalue weighted by Crippen LogP contribution is 2.76. The molecule has 0 aromatic heterocycles. The number of rotatable bonds is 3. The summed E-state index contributed by atoms with van der Waals surface area (Å²) in [5.74, 6) is -0.787. The van der Waals surface area contributed by atoms with E-state index in [9.17, 15) is 40.5 Å². The quantitative estimate of drug-likeness (QED) is 0.177. The zero-order valence-electron chi connectivity index (χ0n) is 28.6. The maximum atomic E-state index is 14.5. The van der Waals surface area contributed by atoms with Gasteiger partial charge in [0, 0.05) is 5.92 Å². The molecular formula is C36H58O10. The predicted molar refractivity (Wildman–Crippen MR) is 168 cm³/mol. The third-order valence-electron chi connectivity index (χ3n) is 15.5. The Bertz CT molecular complexity index is 1250. The van der Waals surface area contributed by atoms with E-state index >= 15 is 0 Å². The number of aliphatic hydroxyl groups is 7. The van der Waals surface area contributed by atoms with Crippen molar-refractivity contribution in [2.75, 3.05) is 6.61 Å². The van der Waals surface area contributed by atoms with Crippen LogP contribution in [0.15, 0.2) is 11.6 Å². The highest BCUT2D eigenvalue weighted by atomic mass is 16.7. The molecule has 6 rings (SSSR count). The van der Waals surface area contributed by atoms with Gasteiger partial charge in [-0.1, -0.05) is 53.2 Å². The van der Waals surface area contributed by atoms with Gasteiger partial charge in [-0.25, -0.2) is 0 Å².